The molecule has 0 aromatic rings. The van der Waals surface area contributed by atoms with Gasteiger partial charge >= 0.3 is 5.97 Å². The van der Waals surface area contributed by atoms with Crippen molar-refractivity contribution in [2.75, 3.05) is 0 Å². The van der Waals surface area contributed by atoms with Gasteiger partial charge in [0, 0.05) is 6.42 Å². The van der Waals surface area contributed by atoms with E-state index in [9.17, 15) is 4.79 Å². The molecule has 1 rings (SSSR count). The quantitative estimate of drug-likeness (QED) is 0.268. The van der Waals surface area contributed by atoms with E-state index in [2.05, 4.69) is 46.0 Å². The van der Waals surface area contributed by atoms with Crippen LogP contribution >= 0.6 is 0 Å². The number of cyclic esters (lactones) is 1. The van der Waals surface area contributed by atoms with Crippen molar-refractivity contribution in [3.8, 4) is 0 Å². The monoisotopic (exact) mass is 410 g/mol. The van der Waals surface area contributed by atoms with E-state index in [0.717, 1.165) is 19.3 Å². The summed E-state index contributed by atoms with van der Waals surface area (Å²) in [6.07, 6.45) is 18.1. The van der Waals surface area contributed by atoms with Crippen molar-refractivity contribution >= 4 is 14.3 Å². The Balaban J connectivity index is 2.67. The Morgan fingerprint density at radius 3 is 2.07 bits per heavy atom. The molecule has 0 spiro atoms. The number of ether oxygens (including phenoxy) is 1. The van der Waals surface area contributed by atoms with E-state index >= 15 is 0 Å². The number of esters is 1. The third kappa shape index (κ3) is 10.8. The highest BCUT2D eigenvalue weighted by Crippen LogP contribution is 2.38. The molecule has 1 aliphatic heterocycles. The zero-order valence-corrected chi connectivity index (χ0v) is 20.5. The molecule has 0 aromatic heterocycles. The SMILES string of the molecule is C[C@H]1CCCCCCCCCC[C@@H](O[Si](C)(C)C(C)(C)C)/C=C/CCC(=O)O1. The molecule has 4 heteroatoms. The second-order valence-electron chi connectivity index (χ2n) is 10.1. The van der Waals surface area contributed by atoms with Gasteiger partial charge in [0.2, 0.25) is 0 Å². The Morgan fingerprint density at radius 2 is 1.50 bits per heavy atom. The first-order valence-corrected chi connectivity index (χ1v) is 14.6. The Bertz CT molecular complexity index is 465. The lowest BCUT2D eigenvalue weighted by Crippen LogP contribution is -2.43. The molecule has 3 nitrogen and oxygen atoms in total. The highest BCUT2D eigenvalue weighted by Gasteiger charge is 2.38. The van der Waals surface area contributed by atoms with Gasteiger partial charge in [-0.1, -0.05) is 77.9 Å². The largest absolute Gasteiger partial charge is 0.463 e. The lowest BCUT2D eigenvalue weighted by Gasteiger charge is -2.38. The summed E-state index contributed by atoms with van der Waals surface area (Å²) in [5, 5.41) is 0.215. The fourth-order valence-electron chi connectivity index (χ4n) is 3.38. The number of carbonyl (C=O) groups is 1. The molecule has 0 bridgehead atoms. The van der Waals surface area contributed by atoms with Crippen LogP contribution in [0.1, 0.15) is 105 Å². The number of carbonyl (C=O) groups excluding carboxylic acids is 1. The lowest BCUT2D eigenvalue weighted by molar-refractivity contribution is -0.148. The highest BCUT2D eigenvalue weighted by molar-refractivity contribution is 6.74. The number of hydrogen-bond donors (Lipinski definition) is 0. The van der Waals surface area contributed by atoms with Crippen LogP contribution in [0.3, 0.4) is 0 Å². The van der Waals surface area contributed by atoms with Crippen molar-refractivity contribution in [1.82, 2.24) is 0 Å². The predicted molar refractivity (Wildman–Crippen MR) is 122 cm³/mol. The standard InChI is InChI=1S/C24H46O3Si/c1-21-17-13-11-9-7-8-10-12-14-18-22(19-15-16-20-23(25)26-21)27-28(5,6)24(2,3)4/h15,19,21-22H,7-14,16-18,20H2,1-6H3/b19-15+/t21-,22+/m0/s1. The average molecular weight is 411 g/mol. The smallest absolute Gasteiger partial charge is 0.306 e. The molecule has 2 atom stereocenters. The molecule has 0 aromatic carbocycles. The summed E-state index contributed by atoms with van der Waals surface area (Å²) in [6, 6.07) is 0. The fraction of sp³-hybridized carbons (Fsp3) is 0.875. The summed E-state index contributed by atoms with van der Waals surface area (Å²) in [4.78, 5) is 12.0. The maximum Gasteiger partial charge on any atom is 0.306 e. The summed E-state index contributed by atoms with van der Waals surface area (Å²) in [6.45, 7) is 13.6. The van der Waals surface area contributed by atoms with Crippen molar-refractivity contribution in [3.63, 3.8) is 0 Å². The fourth-order valence-corrected chi connectivity index (χ4v) is 4.69. The minimum atomic E-state index is -1.79. The van der Waals surface area contributed by atoms with Gasteiger partial charge in [-0.2, -0.15) is 0 Å². The molecule has 0 N–H and O–H groups in total. The zero-order valence-electron chi connectivity index (χ0n) is 19.5. The van der Waals surface area contributed by atoms with E-state index in [-0.39, 0.29) is 23.2 Å². The molecule has 1 heterocycles. The summed E-state index contributed by atoms with van der Waals surface area (Å²) in [7, 11) is -1.79. The second-order valence-corrected chi connectivity index (χ2v) is 14.8. The first kappa shape index (κ1) is 25.4. The molecule has 0 unspecified atom stereocenters. The third-order valence-electron chi connectivity index (χ3n) is 6.30. The summed E-state index contributed by atoms with van der Waals surface area (Å²) in [5.74, 6) is -0.0693. The zero-order chi connectivity index (χ0) is 21.0. The first-order valence-electron chi connectivity index (χ1n) is 11.7. The van der Waals surface area contributed by atoms with Gasteiger partial charge in [-0.05, 0) is 50.7 Å². The van der Waals surface area contributed by atoms with Crippen LogP contribution in [0.2, 0.25) is 18.1 Å². The minimum absolute atomic E-state index is 0.0463. The van der Waals surface area contributed by atoms with Crippen LogP contribution < -0.4 is 0 Å². The number of allylic oxidation sites excluding steroid dienone is 1. The van der Waals surface area contributed by atoms with Crippen LogP contribution in [-0.4, -0.2) is 26.5 Å². The Hall–Kier alpha value is -0.613. The summed E-state index contributed by atoms with van der Waals surface area (Å²) >= 11 is 0. The van der Waals surface area contributed by atoms with Crippen molar-refractivity contribution < 1.29 is 14.0 Å². The van der Waals surface area contributed by atoms with Crippen LogP contribution in [0, 0.1) is 0 Å². The van der Waals surface area contributed by atoms with Crippen LogP contribution in [0.15, 0.2) is 12.2 Å². The Labute approximate surface area is 175 Å². The van der Waals surface area contributed by atoms with E-state index in [1.807, 2.05) is 6.92 Å². The van der Waals surface area contributed by atoms with E-state index in [1.54, 1.807) is 0 Å². The second kappa shape index (κ2) is 12.8. The van der Waals surface area contributed by atoms with E-state index < -0.39 is 8.32 Å². The van der Waals surface area contributed by atoms with E-state index in [1.165, 1.54) is 51.4 Å². The molecule has 0 saturated heterocycles. The maximum absolute atomic E-state index is 12.0. The van der Waals surface area contributed by atoms with Gasteiger partial charge in [0.15, 0.2) is 8.32 Å². The lowest BCUT2D eigenvalue weighted by atomic mass is 10.0. The topological polar surface area (TPSA) is 35.5 Å². The molecule has 0 fully saturated rings. The molecule has 28 heavy (non-hydrogen) atoms. The molecular formula is C24H46O3Si. The first-order chi connectivity index (χ1) is 13.1. The van der Waals surface area contributed by atoms with Gasteiger partial charge in [0.05, 0.1) is 12.2 Å². The predicted octanol–water partition coefficient (Wildman–Crippen LogP) is 7.56. The molecule has 0 amide bonds. The van der Waals surface area contributed by atoms with Crippen LogP contribution in [0.5, 0.6) is 0 Å². The number of rotatable bonds is 2. The molecule has 1 aliphatic rings. The van der Waals surface area contributed by atoms with E-state index in [0.29, 0.717) is 6.42 Å². The molecule has 0 radical (unpaired) electrons. The maximum atomic E-state index is 12.0. The molecule has 164 valence electrons. The van der Waals surface area contributed by atoms with Crippen LogP contribution in [-0.2, 0) is 14.0 Å². The Kier molecular flexibility index (Phi) is 11.7. The third-order valence-corrected chi connectivity index (χ3v) is 10.8. The van der Waals surface area contributed by atoms with Gasteiger partial charge in [0.25, 0.3) is 0 Å². The van der Waals surface area contributed by atoms with Gasteiger partial charge in [-0.25, -0.2) is 0 Å². The van der Waals surface area contributed by atoms with Crippen molar-refractivity contribution in [1.29, 1.82) is 0 Å². The average Bonchev–Trinajstić information content (AvgIpc) is 2.58. The van der Waals surface area contributed by atoms with Crippen molar-refractivity contribution in [3.05, 3.63) is 12.2 Å². The number of hydrogen-bond acceptors (Lipinski definition) is 3. The van der Waals surface area contributed by atoms with Crippen LogP contribution in [0.25, 0.3) is 0 Å². The summed E-state index contributed by atoms with van der Waals surface area (Å²) in [5.41, 5.74) is 0. The minimum Gasteiger partial charge on any atom is -0.463 e. The highest BCUT2D eigenvalue weighted by atomic mass is 28.4. The van der Waals surface area contributed by atoms with Gasteiger partial charge in [0.1, 0.15) is 0 Å². The Morgan fingerprint density at radius 1 is 0.964 bits per heavy atom. The van der Waals surface area contributed by atoms with Gasteiger partial charge in [-0.15, -0.1) is 0 Å². The molecular weight excluding hydrogens is 364 g/mol. The normalized spacial score (nSPS) is 26.7. The van der Waals surface area contributed by atoms with Crippen molar-refractivity contribution in [2.24, 2.45) is 0 Å². The van der Waals surface area contributed by atoms with E-state index in [4.69, 9.17) is 9.16 Å². The molecule has 0 aliphatic carbocycles. The van der Waals surface area contributed by atoms with Crippen LogP contribution in [0.4, 0.5) is 0 Å². The van der Waals surface area contributed by atoms with Crippen molar-refractivity contribution in [2.45, 2.75) is 135 Å². The van der Waals surface area contributed by atoms with Gasteiger partial charge < -0.3 is 9.16 Å². The van der Waals surface area contributed by atoms with Gasteiger partial charge in [-0.3, -0.25) is 4.79 Å². The summed E-state index contributed by atoms with van der Waals surface area (Å²) < 4.78 is 12.2. The molecule has 0 saturated carbocycles.